The summed E-state index contributed by atoms with van der Waals surface area (Å²) >= 11 is 4.92. The van der Waals surface area contributed by atoms with Crippen molar-refractivity contribution in [1.29, 1.82) is 0 Å². The summed E-state index contributed by atoms with van der Waals surface area (Å²) in [5.41, 5.74) is 4.83. The molecule has 11 heteroatoms. The lowest BCUT2D eigenvalue weighted by Crippen LogP contribution is -2.28. The van der Waals surface area contributed by atoms with Crippen molar-refractivity contribution in [1.82, 2.24) is 25.5 Å². The molecule has 0 aliphatic rings. The van der Waals surface area contributed by atoms with Gasteiger partial charge >= 0.3 is 6.36 Å². The second-order valence-corrected chi connectivity index (χ2v) is 6.03. The van der Waals surface area contributed by atoms with Crippen molar-refractivity contribution in [3.63, 3.8) is 0 Å². The Morgan fingerprint density at radius 2 is 1.83 bits per heavy atom. The largest absolute Gasteiger partial charge is 0.573 e. The molecule has 0 unspecified atom stereocenters. The lowest BCUT2D eigenvalue weighted by atomic mass is 10.1. The van der Waals surface area contributed by atoms with Gasteiger partial charge in [0.2, 0.25) is 0 Å². The number of ether oxygens (including phenoxy) is 1. The van der Waals surface area contributed by atoms with E-state index in [4.69, 9.17) is 12.2 Å². The SMILES string of the molecule is CNC(=S)N/N=C/c1ccc(-c2ncn(-c3ccc(OC(F)(F)F)cc3)n2)cc1. The molecule has 3 aromatic rings. The topological polar surface area (TPSA) is 76.4 Å². The molecule has 29 heavy (non-hydrogen) atoms. The van der Waals surface area contributed by atoms with E-state index in [1.165, 1.54) is 35.3 Å². The normalized spacial score (nSPS) is 11.4. The number of thiocarbonyl (C=S) groups is 1. The second kappa shape index (κ2) is 8.69. The Morgan fingerprint density at radius 1 is 1.14 bits per heavy atom. The van der Waals surface area contributed by atoms with Crippen LogP contribution in [-0.4, -0.2) is 39.5 Å². The van der Waals surface area contributed by atoms with Crippen LogP contribution < -0.4 is 15.5 Å². The lowest BCUT2D eigenvalue weighted by molar-refractivity contribution is -0.274. The summed E-state index contributed by atoms with van der Waals surface area (Å²) in [6.45, 7) is 0. The van der Waals surface area contributed by atoms with Crippen LogP contribution in [0.1, 0.15) is 5.56 Å². The summed E-state index contributed by atoms with van der Waals surface area (Å²) in [7, 11) is 1.69. The van der Waals surface area contributed by atoms with Gasteiger partial charge < -0.3 is 10.1 Å². The smallest absolute Gasteiger partial charge is 0.406 e. The van der Waals surface area contributed by atoms with Crippen molar-refractivity contribution in [2.75, 3.05) is 7.05 Å². The average Bonchev–Trinajstić information content (AvgIpc) is 3.18. The van der Waals surface area contributed by atoms with Crippen LogP contribution in [0.15, 0.2) is 60.0 Å². The second-order valence-electron chi connectivity index (χ2n) is 5.63. The number of hydrazone groups is 1. The fraction of sp³-hybridized carbons (Fsp3) is 0.111. The van der Waals surface area contributed by atoms with Crippen molar-refractivity contribution in [2.45, 2.75) is 6.36 Å². The zero-order chi connectivity index (χ0) is 20.9. The minimum absolute atomic E-state index is 0.302. The van der Waals surface area contributed by atoms with E-state index in [0.717, 1.165) is 11.1 Å². The molecule has 7 nitrogen and oxygen atoms in total. The van der Waals surface area contributed by atoms with E-state index in [1.807, 2.05) is 24.3 Å². The van der Waals surface area contributed by atoms with E-state index < -0.39 is 6.36 Å². The fourth-order valence-corrected chi connectivity index (χ4v) is 2.31. The van der Waals surface area contributed by atoms with Gasteiger partial charge in [-0.1, -0.05) is 24.3 Å². The van der Waals surface area contributed by atoms with Gasteiger partial charge in [0.25, 0.3) is 0 Å². The minimum Gasteiger partial charge on any atom is -0.406 e. The van der Waals surface area contributed by atoms with Gasteiger partial charge in [-0.25, -0.2) is 9.67 Å². The zero-order valence-electron chi connectivity index (χ0n) is 15.0. The third-order valence-corrected chi connectivity index (χ3v) is 3.90. The maximum absolute atomic E-state index is 12.2. The first-order valence-electron chi connectivity index (χ1n) is 8.23. The van der Waals surface area contributed by atoms with Crippen LogP contribution in [0.2, 0.25) is 0 Å². The van der Waals surface area contributed by atoms with Gasteiger partial charge in [0.1, 0.15) is 12.1 Å². The molecule has 3 rings (SSSR count). The molecule has 0 saturated carbocycles. The van der Waals surface area contributed by atoms with Crippen LogP contribution in [0.25, 0.3) is 17.1 Å². The Kier molecular flexibility index (Phi) is 6.07. The minimum atomic E-state index is -4.73. The summed E-state index contributed by atoms with van der Waals surface area (Å²) in [5.74, 6) is 0.169. The molecule has 0 aliphatic heterocycles. The number of halogens is 3. The molecular weight excluding hydrogens is 405 g/mol. The molecule has 0 bridgehead atoms. The molecular formula is C18H15F3N6OS. The Bertz CT molecular complexity index is 1000. The molecule has 0 radical (unpaired) electrons. The lowest BCUT2D eigenvalue weighted by Gasteiger charge is -2.09. The Morgan fingerprint density at radius 3 is 2.45 bits per heavy atom. The van der Waals surface area contributed by atoms with Crippen molar-refractivity contribution in [3.05, 3.63) is 60.4 Å². The summed E-state index contributed by atoms with van der Waals surface area (Å²) in [5, 5.41) is 11.5. The van der Waals surface area contributed by atoms with Gasteiger partial charge in [-0.15, -0.1) is 18.3 Å². The van der Waals surface area contributed by atoms with E-state index in [9.17, 15) is 13.2 Å². The molecule has 0 spiro atoms. The molecule has 150 valence electrons. The predicted octanol–water partition coefficient (Wildman–Crippen LogP) is 3.26. The zero-order valence-corrected chi connectivity index (χ0v) is 15.8. The van der Waals surface area contributed by atoms with Crippen LogP contribution in [0.5, 0.6) is 5.75 Å². The Labute approximate surface area is 169 Å². The summed E-state index contributed by atoms with van der Waals surface area (Å²) in [4.78, 5) is 4.24. The number of hydrogen-bond acceptors (Lipinski definition) is 5. The number of alkyl halides is 3. The first-order chi connectivity index (χ1) is 13.8. The van der Waals surface area contributed by atoms with Crippen molar-refractivity contribution >= 4 is 23.5 Å². The number of nitrogens with zero attached hydrogens (tertiary/aromatic N) is 4. The molecule has 0 fully saturated rings. The quantitative estimate of drug-likeness (QED) is 0.375. The summed E-state index contributed by atoms with van der Waals surface area (Å²) in [6.07, 6.45) is -1.63. The molecule has 0 aliphatic carbocycles. The van der Waals surface area contributed by atoms with Gasteiger partial charge in [-0.05, 0) is 42.0 Å². The van der Waals surface area contributed by atoms with Gasteiger partial charge in [-0.2, -0.15) is 5.10 Å². The van der Waals surface area contributed by atoms with Crippen LogP contribution in [0, 0.1) is 0 Å². The predicted molar refractivity (Wildman–Crippen MR) is 106 cm³/mol. The monoisotopic (exact) mass is 420 g/mol. The molecule has 0 atom stereocenters. The first-order valence-corrected chi connectivity index (χ1v) is 8.64. The standard InChI is InChI=1S/C18H15F3N6OS/c1-22-17(29)25-24-10-12-2-4-13(5-3-12)16-23-11-27(26-16)14-6-8-15(9-7-14)28-18(19,20)21/h2-11H,1H3,(H2,22,25,29)/b24-10+. The van der Waals surface area contributed by atoms with Crippen LogP contribution in [0.3, 0.4) is 0 Å². The van der Waals surface area contributed by atoms with E-state index in [-0.39, 0.29) is 5.75 Å². The Hall–Kier alpha value is -3.47. The molecule has 0 saturated heterocycles. The third-order valence-electron chi connectivity index (χ3n) is 3.60. The number of rotatable bonds is 5. The van der Waals surface area contributed by atoms with E-state index in [1.54, 1.807) is 13.3 Å². The maximum atomic E-state index is 12.2. The molecule has 1 heterocycles. The maximum Gasteiger partial charge on any atom is 0.573 e. The number of aromatic nitrogens is 3. The Balaban J connectivity index is 1.69. The number of nitrogens with one attached hydrogen (secondary N) is 2. The fourth-order valence-electron chi connectivity index (χ4n) is 2.26. The molecule has 2 N–H and O–H groups in total. The van der Waals surface area contributed by atoms with Crippen LogP contribution >= 0.6 is 12.2 Å². The van der Waals surface area contributed by atoms with Crippen LogP contribution in [0.4, 0.5) is 13.2 Å². The molecule has 0 amide bonds. The van der Waals surface area contributed by atoms with E-state index in [2.05, 4.69) is 30.7 Å². The van der Waals surface area contributed by atoms with Crippen LogP contribution in [-0.2, 0) is 0 Å². The van der Waals surface area contributed by atoms with Gasteiger partial charge in [-0.3, -0.25) is 5.43 Å². The first kappa shape index (κ1) is 20.3. The van der Waals surface area contributed by atoms with Gasteiger partial charge in [0.05, 0.1) is 11.9 Å². The van der Waals surface area contributed by atoms with Crippen molar-refractivity contribution in [3.8, 4) is 22.8 Å². The van der Waals surface area contributed by atoms with E-state index in [0.29, 0.717) is 16.6 Å². The molecule has 1 aromatic heterocycles. The highest BCUT2D eigenvalue weighted by Crippen LogP contribution is 2.24. The molecule has 2 aromatic carbocycles. The summed E-state index contributed by atoms with van der Waals surface area (Å²) in [6, 6.07) is 12.7. The highest BCUT2D eigenvalue weighted by Gasteiger charge is 2.30. The number of hydrogen-bond donors (Lipinski definition) is 2. The summed E-state index contributed by atoms with van der Waals surface area (Å²) < 4.78 is 42.0. The van der Waals surface area contributed by atoms with E-state index >= 15 is 0 Å². The average molecular weight is 420 g/mol. The highest BCUT2D eigenvalue weighted by molar-refractivity contribution is 7.80. The van der Waals surface area contributed by atoms with Crippen molar-refractivity contribution in [2.24, 2.45) is 5.10 Å². The van der Waals surface area contributed by atoms with Gasteiger partial charge in [0.15, 0.2) is 10.9 Å². The highest BCUT2D eigenvalue weighted by atomic mass is 32.1. The van der Waals surface area contributed by atoms with Gasteiger partial charge in [0, 0.05) is 12.6 Å². The van der Waals surface area contributed by atoms with Crippen molar-refractivity contribution < 1.29 is 17.9 Å². The third kappa shape index (κ3) is 5.75. The number of benzene rings is 2.